The molecule has 1 fully saturated rings. The Bertz CT molecular complexity index is 149. The highest BCUT2D eigenvalue weighted by atomic mass is 16.1. The molecule has 1 heteroatoms. The summed E-state index contributed by atoms with van der Waals surface area (Å²) in [6.45, 7) is 4.30. The smallest absolute Gasteiger partial charge is 0.125 e. The van der Waals surface area contributed by atoms with Crippen molar-refractivity contribution in [3.63, 3.8) is 0 Å². The van der Waals surface area contributed by atoms with Crippen molar-refractivity contribution in [3.05, 3.63) is 0 Å². The third-order valence-corrected chi connectivity index (χ3v) is 2.84. The van der Waals surface area contributed by atoms with Gasteiger partial charge in [-0.25, -0.2) is 0 Å². The molecule has 0 bridgehead atoms. The second-order valence-corrected chi connectivity index (χ2v) is 4.52. The summed E-state index contributed by atoms with van der Waals surface area (Å²) in [6, 6.07) is 0. The molecule has 1 nitrogen and oxygen atoms in total. The van der Waals surface area contributed by atoms with Crippen LogP contribution in [0, 0.1) is 11.3 Å². The molecule has 0 amide bonds. The monoisotopic (exact) mass is 168 g/mol. The maximum atomic E-state index is 10.9. The molecule has 0 aromatic carbocycles. The summed E-state index contributed by atoms with van der Waals surface area (Å²) in [7, 11) is 0. The van der Waals surface area contributed by atoms with Crippen molar-refractivity contribution in [2.45, 2.75) is 52.4 Å². The Morgan fingerprint density at radius 2 is 2.17 bits per heavy atom. The highest BCUT2D eigenvalue weighted by Gasteiger charge is 2.32. The van der Waals surface area contributed by atoms with E-state index in [1.165, 1.54) is 32.0 Å². The van der Waals surface area contributed by atoms with Gasteiger partial charge >= 0.3 is 0 Å². The van der Waals surface area contributed by atoms with Gasteiger partial charge in [-0.3, -0.25) is 0 Å². The molecule has 0 aliphatic heterocycles. The topological polar surface area (TPSA) is 17.1 Å². The van der Waals surface area contributed by atoms with Crippen molar-refractivity contribution in [2.75, 3.05) is 0 Å². The third-order valence-electron chi connectivity index (χ3n) is 2.84. The Balaban J connectivity index is 2.30. The molecule has 12 heavy (non-hydrogen) atoms. The van der Waals surface area contributed by atoms with Crippen LogP contribution in [0.5, 0.6) is 0 Å². The first-order chi connectivity index (χ1) is 5.70. The fourth-order valence-corrected chi connectivity index (χ4v) is 1.77. The van der Waals surface area contributed by atoms with Crippen molar-refractivity contribution in [1.29, 1.82) is 0 Å². The van der Waals surface area contributed by atoms with Crippen LogP contribution in [0.25, 0.3) is 0 Å². The fourth-order valence-electron chi connectivity index (χ4n) is 1.77. The van der Waals surface area contributed by atoms with Gasteiger partial charge in [0.15, 0.2) is 0 Å². The molecule has 0 radical (unpaired) electrons. The number of hydrogen-bond acceptors (Lipinski definition) is 1. The SMILES string of the molecule is CCCCC(C)(C=O)CC1CC1. The van der Waals surface area contributed by atoms with E-state index in [1.807, 2.05) is 0 Å². The molecule has 1 rings (SSSR count). The molecular formula is C11H20O. The highest BCUT2D eigenvalue weighted by molar-refractivity contribution is 5.58. The van der Waals surface area contributed by atoms with Gasteiger partial charge in [0.05, 0.1) is 0 Å². The van der Waals surface area contributed by atoms with E-state index in [4.69, 9.17) is 0 Å². The summed E-state index contributed by atoms with van der Waals surface area (Å²) < 4.78 is 0. The van der Waals surface area contributed by atoms with E-state index in [0.717, 1.165) is 18.8 Å². The highest BCUT2D eigenvalue weighted by Crippen LogP contribution is 2.41. The van der Waals surface area contributed by atoms with E-state index in [2.05, 4.69) is 13.8 Å². The molecule has 1 saturated carbocycles. The Kier molecular flexibility index (Phi) is 3.30. The van der Waals surface area contributed by atoms with Crippen LogP contribution in [-0.2, 0) is 4.79 Å². The van der Waals surface area contributed by atoms with Gasteiger partial charge in [0.25, 0.3) is 0 Å². The Hall–Kier alpha value is -0.330. The fraction of sp³-hybridized carbons (Fsp3) is 0.909. The molecule has 1 aliphatic carbocycles. The van der Waals surface area contributed by atoms with E-state index < -0.39 is 0 Å². The lowest BCUT2D eigenvalue weighted by atomic mass is 9.81. The van der Waals surface area contributed by atoms with Crippen molar-refractivity contribution >= 4 is 6.29 Å². The molecule has 70 valence electrons. The number of unbranched alkanes of at least 4 members (excludes halogenated alkanes) is 1. The first kappa shape index (κ1) is 9.76. The summed E-state index contributed by atoms with van der Waals surface area (Å²) in [4.78, 5) is 10.9. The number of carbonyl (C=O) groups excluding carboxylic acids is 1. The normalized spacial score (nSPS) is 21.8. The van der Waals surface area contributed by atoms with Gasteiger partial charge in [0.2, 0.25) is 0 Å². The maximum absolute atomic E-state index is 10.9. The van der Waals surface area contributed by atoms with E-state index in [-0.39, 0.29) is 5.41 Å². The number of hydrogen-bond donors (Lipinski definition) is 0. The third kappa shape index (κ3) is 2.96. The molecule has 0 N–H and O–H groups in total. The van der Waals surface area contributed by atoms with Gasteiger partial charge in [-0.2, -0.15) is 0 Å². The number of aldehydes is 1. The Labute approximate surface area is 75.5 Å². The minimum atomic E-state index is -0.00280. The van der Waals surface area contributed by atoms with E-state index in [0.29, 0.717) is 0 Å². The minimum Gasteiger partial charge on any atom is -0.303 e. The molecule has 0 spiro atoms. The molecule has 0 aromatic heterocycles. The maximum Gasteiger partial charge on any atom is 0.125 e. The summed E-state index contributed by atoms with van der Waals surface area (Å²) >= 11 is 0. The lowest BCUT2D eigenvalue weighted by Gasteiger charge is -2.22. The van der Waals surface area contributed by atoms with Crippen molar-refractivity contribution in [2.24, 2.45) is 11.3 Å². The summed E-state index contributed by atoms with van der Waals surface area (Å²) in [5.74, 6) is 0.872. The van der Waals surface area contributed by atoms with Crippen molar-refractivity contribution in [3.8, 4) is 0 Å². The van der Waals surface area contributed by atoms with Crippen molar-refractivity contribution < 1.29 is 4.79 Å². The van der Waals surface area contributed by atoms with E-state index in [9.17, 15) is 4.79 Å². The zero-order valence-corrected chi connectivity index (χ0v) is 8.31. The summed E-state index contributed by atoms with van der Waals surface area (Å²) in [6.07, 6.45) is 8.52. The largest absolute Gasteiger partial charge is 0.303 e. The molecule has 1 atom stereocenters. The van der Waals surface area contributed by atoms with Gasteiger partial charge in [-0.05, 0) is 18.8 Å². The molecule has 1 aliphatic rings. The zero-order chi connectivity index (χ0) is 9.03. The van der Waals surface area contributed by atoms with Crippen LogP contribution in [0.3, 0.4) is 0 Å². The Morgan fingerprint density at radius 3 is 2.58 bits per heavy atom. The second kappa shape index (κ2) is 4.06. The average Bonchev–Trinajstić information content (AvgIpc) is 2.85. The van der Waals surface area contributed by atoms with Gasteiger partial charge in [-0.1, -0.05) is 39.5 Å². The predicted octanol–water partition coefficient (Wildman–Crippen LogP) is 3.18. The van der Waals surface area contributed by atoms with Crippen LogP contribution in [0.1, 0.15) is 52.4 Å². The van der Waals surface area contributed by atoms with E-state index >= 15 is 0 Å². The Morgan fingerprint density at radius 1 is 1.50 bits per heavy atom. The van der Waals surface area contributed by atoms with Gasteiger partial charge in [-0.15, -0.1) is 0 Å². The molecular weight excluding hydrogens is 148 g/mol. The van der Waals surface area contributed by atoms with E-state index in [1.54, 1.807) is 0 Å². The van der Waals surface area contributed by atoms with Crippen LogP contribution in [0.4, 0.5) is 0 Å². The molecule has 0 heterocycles. The quantitative estimate of drug-likeness (QED) is 0.557. The van der Waals surface area contributed by atoms with Crippen LogP contribution in [0.2, 0.25) is 0 Å². The van der Waals surface area contributed by atoms with Gasteiger partial charge in [0, 0.05) is 5.41 Å². The minimum absolute atomic E-state index is 0.00280. The van der Waals surface area contributed by atoms with Crippen molar-refractivity contribution in [1.82, 2.24) is 0 Å². The summed E-state index contributed by atoms with van der Waals surface area (Å²) in [5, 5.41) is 0. The van der Waals surface area contributed by atoms with Crippen LogP contribution < -0.4 is 0 Å². The number of rotatable bonds is 6. The lowest BCUT2D eigenvalue weighted by Crippen LogP contribution is -2.18. The number of carbonyl (C=O) groups is 1. The molecule has 0 saturated heterocycles. The van der Waals surface area contributed by atoms with Gasteiger partial charge < -0.3 is 4.79 Å². The first-order valence-electron chi connectivity index (χ1n) is 5.16. The molecule has 1 unspecified atom stereocenters. The van der Waals surface area contributed by atoms with Crippen LogP contribution in [-0.4, -0.2) is 6.29 Å². The van der Waals surface area contributed by atoms with Crippen LogP contribution in [0.15, 0.2) is 0 Å². The van der Waals surface area contributed by atoms with Crippen LogP contribution >= 0.6 is 0 Å². The van der Waals surface area contributed by atoms with Gasteiger partial charge in [0.1, 0.15) is 6.29 Å². The zero-order valence-electron chi connectivity index (χ0n) is 8.31. The first-order valence-corrected chi connectivity index (χ1v) is 5.16. The average molecular weight is 168 g/mol. The standard InChI is InChI=1S/C11H20O/c1-3-4-7-11(2,9-12)8-10-5-6-10/h9-10H,3-8H2,1-2H3. The lowest BCUT2D eigenvalue weighted by molar-refractivity contribution is -0.116. The summed E-state index contributed by atoms with van der Waals surface area (Å²) in [5.41, 5.74) is -0.00280. The second-order valence-electron chi connectivity index (χ2n) is 4.52. The molecule has 0 aromatic rings. The predicted molar refractivity (Wildman–Crippen MR) is 51.0 cm³/mol.